The van der Waals surface area contributed by atoms with Crippen molar-refractivity contribution in [3.8, 4) is 0 Å². The minimum absolute atomic E-state index is 0.218. The number of carbonyl (C=O) groups is 2. The van der Waals surface area contributed by atoms with Crippen LogP contribution in [0.3, 0.4) is 0 Å². The monoisotopic (exact) mass is 266 g/mol. The van der Waals surface area contributed by atoms with Crippen molar-refractivity contribution in [2.45, 2.75) is 20.3 Å². The van der Waals surface area contributed by atoms with Gasteiger partial charge in [-0.1, -0.05) is 37.6 Å². The summed E-state index contributed by atoms with van der Waals surface area (Å²) in [7, 11) is 0. The predicted octanol–water partition coefficient (Wildman–Crippen LogP) is 2.89. The van der Waals surface area contributed by atoms with E-state index in [9.17, 15) is 9.59 Å². The Labute approximate surface area is 111 Å². The second kappa shape index (κ2) is 5.11. The number of rotatable bonds is 3. The van der Waals surface area contributed by atoms with Crippen molar-refractivity contribution < 1.29 is 14.3 Å². The SMILES string of the molecule is CC(C)COC(=O)C1Cc2cccc(Cl)c2C1=O. The molecule has 0 saturated heterocycles. The highest BCUT2D eigenvalue weighted by molar-refractivity contribution is 6.35. The van der Waals surface area contributed by atoms with Crippen LogP contribution in [-0.4, -0.2) is 18.4 Å². The molecule has 0 aromatic heterocycles. The first-order valence-electron chi connectivity index (χ1n) is 5.99. The normalized spacial score (nSPS) is 18.0. The molecule has 18 heavy (non-hydrogen) atoms. The first kappa shape index (κ1) is 13.1. The maximum Gasteiger partial charge on any atom is 0.317 e. The van der Waals surface area contributed by atoms with E-state index in [1.807, 2.05) is 19.9 Å². The zero-order valence-electron chi connectivity index (χ0n) is 10.4. The molecular weight excluding hydrogens is 252 g/mol. The van der Waals surface area contributed by atoms with Crippen molar-refractivity contribution in [3.63, 3.8) is 0 Å². The number of fused-ring (bicyclic) bond motifs is 1. The number of benzene rings is 1. The van der Waals surface area contributed by atoms with Gasteiger partial charge in [0.15, 0.2) is 5.78 Å². The molecule has 3 nitrogen and oxygen atoms in total. The predicted molar refractivity (Wildman–Crippen MR) is 68.8 cm³/mol. The number of Topliss-reactive ketones (excluding diaryl/α,β-unsaturated/α-hetero) is 1. The van der Waals surface area contributed by atoms with Gasteiger partial charge in [0, 0.05) is 5.56 Å². The molecule has 1 aromatic rings. The summed E-state index contributed by atoms with van der Waals surface area (Å²) in [6, 6.07) is 5.28. The zero-order chi connectivity index (χ0) is 13.3. The van der Waals surface area contributed by atoms with E-state index in [0.717, 1.165) is 5.56 Å². The fourth-order valence-electron chi connectivity index (χ4n) is 2.04. The van der Waals surface area contributed by atoms with E-state index in [2.05, 4.69) is 0 Å². The van der Waals surface area contributed by atoms with Gasteiger partial charge in [-0.2, -0.15) is 0 Å². The minimum atomic E-state index is -0.723. The third-order valence-corrected chi connectivity index (χ3v) is 3.25. The van der Waals surface area contributed by atoms with Gasteiger partial charge in [0.05, 0.1) is 11.6 Å². The van der Waals surface area contributed by atoms with Crippen molar-refractivity contribution in [3.05, 3.63) is 34.3 Å². The summed E-state index contributed by atoms with van der Waals surface area (Å²) >= 11 is 5.99. The number of halogens is 1. The Morgan fingerprint density at radius 3 is 2.83 bits per heavy atom. The lowest BCUT2D eigenvalue weighted by molar-refractivity contribution is -0.147. The Hall–Kier alpha value is -1.35. The van der Waals surface area contributed by atoms with Crippen LogP contribution >= 0.6 is 11.6 Å². The summed E-state index contributed by atoms with van der Waals surface area (Å²) in [5, 5.41) is 0.414. The van der Waals surface area contributed by atoms with E-state index in [4.69, 9.17) is 16.3 Å². The Morgan fingerprint density at radius 2 is 2.22 bits per heavy atom. The zero-order valence-corrected chi connectivity index (χ0v) is 11.2. The smallest absolute Gasteiger partial charge is 0.317 e. The molecule has 1 aliphatic rings. The summed E-state index contributed by atoms with van der Waals surface area (Å²) in [4.78, 5) is 24.0. The first-order chi connectivity index (χ1) is 8.50. The van der Waals surface area contributed by atoms with E-state index >= 15 is 0 Å². The van der Waals surface area contributed by atoms with Crippen molar-refractivity contribution in [2.24, 2.45) is 11.8 Å². The molecule has 0 heterocycles. The van der Waals surface area contributed by atoms with Gasteiger partial charge < -0.3 is 4.74 Å². The van der Waals surface area contributed by atoms with E-state index in [1.165, 1.54) is 0 Å². The summed E-state index contributed by atoms with van der Waals surface area (Å²) in [5.74, 6) is -1.12. The quantitative estimate of drug-likeness (QED) is 0.624. The Balaban J connectivity index is 2.14. The average Bonchev–Trinajstić information content (AvgIpc) is 2.65. The third-order valence-electron chi connectivity index (χ3n) is 2.93. The maximum absolute atomic E-state index is 12.1. The number of hydrogen-bond donors (Lipinski definition) is 0. The second-order valence-electron chi connectivity index (χ2n) is 4.92. The van der Waals surface area contributed by atoms with Crippen LogP contribution in [0, 0.1) is 11.8 Å². The lowest BCUT2D eigenvalue weighted by Crippen LogP contribution is -2.24. The van der Waals surface area contributed by atoms with Gasteiger partial charge in [0.25, 0.3) is 0 Å². The van der Waals surface area contributed by atoms with Gasteiger partial charge in [-0.25, -0.2) is 0 Å². The molecule has 96 valence electrons. The van der Waals surface area contributed by atoms with Gasteiger partial charge in [-0.3, -0.25) is 9.59 Å². The molecule has 0 radical (unpaired) electrons. The largest absolute Gasteiger partial charge is 0.465 e. The highest BCUT2D eigenvalue weighted by atomic mass is 35.5. The van der Waals surface area contributed by atoms with Crippen LogP contribution in [0.25, 0.3) is 0 Å². The lowest BCUT2D eigenvalue weighted by Gasteiger charge is -2.10. The molecule has 0 saturated carbocycles. The molecule has 0 aliphatic heterocycles. The minimum Gasteiger partial charge on any atom is -0.465 e. The number of ether oxygens (including phenoxy) is 1. The molecule has 0 amide bonds. The topological polar surface area (TPSA) is 43.4 Å². The Kier molecular flexibility index (Phi) is 3.71. The van der Waals surface area contributed by atoms with E-state index < -0.39 is 11.9 Å². The van der Waals surface area contributed by atoms with E-state index in [-0.39, 0.29) is 11.7 Å². The molecule has 0 fully saturated rings. The highest BCUT2D eigenvalue weighted by Gasteiger charge is 2.38. The number of hydrogen-bond acceptors (Lipinski definition) is 3. The Morgan fingerprint density at radius 1 is 1.50 bits per heavy atom. The maximum atomic E-state index is 12.1. The van der Waals surface area contributed by atoms with Gasteiger partial charge in [-0.05, 0) is 24.0 Å². The van der Waals surface area contributed by atoms with Crippen LogP contribution in [0.4, 0.5) is 0 Å². The Bertz CT molecular complexity index is 494. The second-order valence-corrected chi connectivity index (χ2v) is 5.33. The van der Waals surface area contributed by atoms with Gasteiger partial charge in [-0.15, -0.1) is 0 Å². The molecule has 1 aromatic carbocycles. The third kappa shape index (κ3) is 2.41. The van der Waals surface area contributed by atoms with Gasteiger partial charge in [0.2, 0.25) is 0 Å². The summed E-state index contributed by atoms with van der Waals surface area (Å²) in [5.41, 5.74) is 1.31. The molecule has 2 rings (SSSR count). The first-order valence-corrected chi connectivity index (χ1v) is 6.36. The number of esters is 1. The fraction of sp³-hybridized carbons (Fsp3) is 0.429. The van der Waals surface area contributed by atoms with Crippen LogP contribution in [0.15, 0.2) is 18.2 Å². The molecule has 1 atom stereocenters. The molecule has 1 unspecified atom stereocenters. The van der Waals surface area contributed by atoms with Crippen LogP contribution in [0.5, 0.6) is 0 Å². The average molecular weight is 267 g/mol. The standard InChI is InChI=1S/C14H15ClO3/c1-8(2)7-18-14(17)10-6-9-4-3-5-11(15)12(9)13(10)16/h3-5,8,10H,6-7H2,1-2H3. The van der Waals surface area contributed by atoms with Crippen LogP contribution in [0.2, 0.25) is 5.02 Å². The molecule has 1 aliphatic carbocycles. The summed E-state index contributed by atoms with van der Waals surface area (Å²) in [6.07, 6.45) is 0.394. The van der Waals surface area contributed by atoms with Crippen LogP contribution < -0.4 is 0 Å². The molecular formula is C14H15ClO3. The molecule has 4 heteroatoms. The van der Waals surface area contributed by atoms with Crippen LogP contribution in [0.1, 0.15) is 29.8 Å². The summed E-state index contributed by atoms with van der Waals surface area (Å²) in [6.45, 7) is 4.25. The molecule has 0 N–H and O–H groups in total. The van der Waals surface area contributed by atoms with E-state index in [0.29, 0.717) is 23.6 Å². The van der Waals surface area contributed by atoms with Crippen molar-refractivity contribution in [1.82, 2.24) is 0 Å². The lowest BCUT2D eigenvalue weighted by atomic mass is 10.1. The number of ketones is 1. The highest BCUT2D eigenvalue weighted by Crippen LogP contribution is 2.32. The molecule has 0 spiro atoms. The fourth-order valence-corrected chi connectivity index (χ4v) is 2.33. The van der Waals surface area contributed by atoms with Crippen molar-refractivity contribution in [2.75, 3.05) is 6.61 Å². The van der Waals surface area contributed by atoms with Gasteiger partial charge >= 0.3 is 5.97 Å². The molecule has 0 bridgehead atoms. The van der Waals surface area contributed by atoms with Crippen molar-refractivity contribution >= 4 is 23.4 Å². The number of carbonyl (C=O) groups excluding carboxylic acids is 2. The van der Waals surface area contributed by atoms with E-state index in [1.54, 1.807) is 12.1 Å². The van der Waals surface area contributed by atoms with Gasteiger partial charge in [0.1, 0.15) is 5.92 Å². The van der Waals surface area contributed by atoms with Crippen molar-refractivity contribution in [1.29, 1.82) is 0 Å². The summed E-state index contributed by atoms with van der Waals surface area (Å²) < 4.78 is 5.13. The van der Waals surface area contributed by atoms with Crippen LogP contribution in [-0.2, 0) is 16.0 Å².